The average Bonchev–Trinajstić information content (AvgIpc) is 2.45. The first-order chi connectivity index (χ1) is 11.2. The Balaban J connectivity index is 2.69. The molecule has 0 aliphatic heterocycles. The average molecular weight is 338 g/mol. The minimum absolute atomic E-state index is 0.262. The van der Waals surface area contributed by atoms with Crippen molar-refractivity contribution in [2.75, 3.05) is 13.1 Å². The highest BCUT2D eigenvalue weighted by Crippen LogP contribution is 2.10. The van der Waals surface area contributed by atoms with Crippen molar-refractivity contribution in [3.63, 3.8) is 0 Å². The third kappa shape index (κ3) is 8.86. The lowest BCUT2D eigenvalue weighted by molar-refractivity contribution is 0.0419. The predicted octanol–water partition coefficient (Wildman–Crippen LogP) is 1.45. The first kappa shape index (κ1) is 20.4. The van der Waals surface area contributed by atoms with E-state index in [0.29, 0.717) is 13.0 Å². The molecule has 0 unspecified atom stereocenters. The van der Waals surface area contributed by atoms with Crippen LogP contribution in [0.2, 0.25) is 0 Å². The van der Waals surface area contributed by atoms with Crippen LogP contribution in [-0.2, 0) is 11.2 Å². The largest absolute Gasteiger partial charge is 0.444 e. The number of ether oxygens (including phenoxy) is 1. The Labute approximate surface area is 144 Å². The maximum atomic E-state index is 12.0. The van der Waals surface area contributed by atoms with Crippen LogP contribution in [0, 0.1) is 0 Å². The zero-order chi connectivity index (χ0) is 18.2. The van der Waals surface area contributed by atoms with Crippen LogP contribution in [0.4, 0.5) is 4.79 Å². The summed E-state index contributed by atoms with van der Waals surface area (Å²) in [5.74, 6) is 0. The molecule has 0 saturated heterocycles. The lowest BCUT2D eigenvalue weighted by atomic mass is 10.0. The lowest BCUT2D eigenvalue weighted by Crippen LogP contribution is -2.50. The maximum Gasteiger partial charge on any atom is 0.407 e. The van der Waals surface area contributed by atoms with Gasteiger partial charge in [0.05, 0.1) is 18.2 Å². The molecule has 4 N–H and O–H groups in total. The molecule has 0 aliphatic carbocycles. The van der Waals surface area contributed by atoms with Crippen LogP contribution in [0.25, 0.3) is 0 Å². The molecular formula is C18H30N2O4. The van der Waals surface area contributed by atoms with Crippen LogP contribution in [0.3, 0.4) is 0 Å². The first-order valence-corrected chi connectivity index (χ1v) is 8.27. The summed E-state index contributed by atoms with van der Waals surface area (Å²) in [6.45, 7) is 7.68. The van der Waals surface area contributed by atoms with E-state index in [-0.39, 0.29) is 6.54 Å². The SMILES string of the molecule is C[C@@H](O)CNC[C@@H](O)[C@H](Cc1ccccc1)NC(=O)OC(C)(C)C. The Hall–Kier alpha value is -1.63. The van der Waals surface area contributed by atoms with Gasteiger partial charge in [0, 0.05) is 13.1 Å². The van der Waals surface area contributed by atoms with Crippen molar-refractivity contribution >= 4 is 6.09 Å². The molecule has 0 bridgehead atoms. The van der Waals surface area contributed by atoms with Gasteiger partial charge in [-0.1, -0.05) is 30.3 Å². The number of benzene rings is 1. The molecule has 1 aromatic carbocycles. The van der Waals surface area contributed by atoms with E-state index < -0.39 is 29.9 Å². The minimum Gasteiger partial charge on any atom is -0.444 e. The van der Waals surface area contributed by atoms with Crippen molar-refractivity contribution in [1.29, 1.82) is 0 Å². The Morgan fingerprint density at radius 1 is 1.17 bits per heavy atom. The van der Waals surface area contributed by atoms with Gasteiger partial charge in [-0.25, -0.2) is 4.79 Å². The zero-order valence-corrected chi connectivity index (χ0v) is 15.0. The van der Waals surface area contributed by atoms with Crippen molar-refractivity contribution in [1.82, 2.24) is 10.6 Å². The van der Waals surface area contributed by atoms with Gasteiger partial charge in [0.25, 0.3) is 0 Å². The normalized spacial score (nSPS) is 15.4. The highest BCUT2D eigenvalue weighted by molar-refractivity contribution is 5.68. The Bertz CT molecular complexity index is 486. The van der Waals surface area contributed by atoms with Crippen molar-refractivity contribution < 1.29 is 19.7 Å². The van der Waals surface area contributed by atoms with Crippen LogP contribution in [0.5, 0.6) is 0 Å². The Kier molecular flexibility index (Phi) is 8.18. The molecule has 1 amide bonds. The fourth-order valence-corrected chi connectivity index (χ4v) is 2.19. The molecule has 0 aliphatic rings. The molecule has 24 heavy (non-hydrogen) atoms. The van der Waals surface area contributed by atoms with Crippen molar-refractivity contribution in [2.24, 2.45) is 0 Å². The second kappa shape index (κ2) is 9.61. The van der Waals surface area contributed by atoms with Crippen LogP contribution < -0.4 is 10.6 Å². The number of rotatable bonds is 8. The molecule has 0 heterocycles. The third-order valence-corrected chi connectivity index (χ3v) is 3.26. The summed E-state index contributed by atoms with van der Waals surface area (Å²) in [5.41, 5.74) is 0.407. The van der Waals surface area contributed by atoms with Crippen LogP contribution in [0.15, 0.2) is 30.3 Å². The summed E-state index contributed by atoms with van der Waals surface area (Å²) in [5, 5.41) is 25.4. The molecule has 136 valence electrons. The van der Waals surface area contributed by atoms with E-state index in [1.807, 2.05) is 30.3 Å². The summed E-state index contributed by atoms with van der Waals surface area (Å²) in [6, 6.07) is 9.14. The molecule has 0 fully saturated rings. The number of carbonyl (C=O) groups is 1. The van der Waals surface area contributed by atoms with Gasteiger partial charge >= 0.3 is 6.09 Å². The van der Waals surface area contributed by atoms with E-state index in [0.717, 1.165) is 5.56 Å². The number of nitrogens with one attached hydrogen (secondary N) is 2. The molecule has 0 aromatic heterocycles. The highest BCUT2D eigenvalue weighted by Gasteiger charge is 2.24. The fourth-order valence-electron chi connectivity index (χ4n) is 2.19. The van der Waals surface area contributed by atoms with Gasteiger partial charge in [0.15, 0.2) is 0 Å². The number of aliphatic hydroxyl groups is 2. The number of amides is 1. The lowest BCUT2D eigenvalue weighted by Gasteiger charge is -2.27. The van der Waals surface area contributed by atoms with E-state index in [2.05, 4.69) is 10.6 Å². The number of aliphatic hydroxyl groups excluding tert-OH is 2. The van der Waals surface area contributed by atoms with Gasteiger partial charge in [-0.15, -0.1) is 0 Å². The topological polar surface area (TPSA) is 90.8 Å². The number of hydrogen-bond acceptors (Lipinski definition) is 5. The van der Waals surface area contributed by atoms with E-state index in [1.54, 1.807) is 27.7 Å². The van der Waals surface area contributed by atoms with Gasteiger partial charge in [0.1, 0.15) is 5.60 Å². The fraction of sp³-hybridized carbons (Fsp3) is 0.611. The highest BCUT2D eigenvalue weighted by atomic mass is 16.6. The molecule has 0 radical (unpaired) electrons. The summed E-state index contributed by atoms with van der Waals surface area (Å²) in [4.78, 5) is 12.0. The van der Waals surface area contributed by atoms with E-state index in [9.17, 15) is 15.0 Å². The Morgan fingerprint density at radius 3 is 2.33 bits per heavy atom. The summed E-state index contributed by atoms with van der Waals surface area (Å²) in [7, 11) is 0. The zero-order valence-electron chi connectivity index (χ0n) is 15.0. The minimum atomic E-state index is -0.809. The maximum absolute atomic E-state index is 12.0. The van der Waals surface area contributed by atoms with E-state index >= 15 is 0 Å². The standard InChI is InChI=1S/C18H30N2O4/c1-13(21)11-19-12-16(22)15(10-14-8-6-5-7-9-14)20-17(23)24-18(2,3)4/h5-9,13,15-16,19,21-22H,10-12H2,1-4H3,(H,20,23)/t13-,15+,16-/m1/s1. The van der Waals surface area contributed by atoms with Crippen molar-refractivity contribution in [3.05, 3.63) is 35.9 Å². The van der Waals surface area contributed by atoms with E-state index in [1.165, 1.54) is 0 Å². The predicted molar refractivity (Wildman–Crippen MR) is 93.9 cm³/mol. The first-order valence-electron chi connectivity index (χ1n) is 8.27. The molecule has 0 saturated carbocycles. The monoisotopic (exact) mass is 338 g/mol. The van der Waals surface area contributed by atoms with Gasteiger partial charge in [-0.2, -0.15) is 0 Å². The van der Waals surface area contributed by atoms with Crippen molar-refractivity contribution in [3.8, 4) is 0 Å². The smallest absolute Gasteiger partial charge is 0.407 e. The second-order valence-corrected chi connectivity index (χ2v) is 7.02. The molecule has 1 rings (SSSR count). The number of hydrogen-bond donors (Lipinski definition) is 4. The quantitative estimate of drug-likeness (QED) is 0.576. The summed E-state index contributed by atoms with van der Waals surface area (Å²) >= 11 is 0. The summed E-state index contributed by atoms with van der Waals surface area (Å²) in [6.07, 6.45) is -1.38. The molecular weight excluding hydrogens is 308 g/mol. The van der Waals surface area contributed by atoms with Gasteiger partial charge < -0.3 is 25.6 Å². The third-order valence-electron chi connectivity index (χ3n) is 3.26. The van der Waals surface area contributed by atoms with Gasteiger partial charge in [0.2, 0.25) is 0 Å². The van der Waals surface area contributed by atoms with Crippen LogP contribution in [-0.4, -0.2) is 53.2 Å². The van der Waals surface area contributed by atoms with Crippen molar-refractivity contribution in [2.45, 2.75) is 58.0 Å². The Morgan fingerprint density at radius 2 is 1.79 bits per heavy atom. The number of carbonyl (C=O) groups excluding carboxylic acids is 1. The van der Waals surface area contributed by atoms with Gasteiger partial charge in [-0.3, -0.25) is 0 Å². The molecule has 1 aromatic rings. The second-order valence-electron chi connectivity index (χ2n) is 7.02. The molecule has 6 heteroatoms. The van der Waals surface area contributed by atoms with Crippen LogP contribution >= 0.6 is 0 Å². The van der Waals surface area contributed by atoms with Gasteiger partial charge in [-0.05, 0) is 39.7 Å². The number of alkyl carbamates (subject to hydrolysis) is 1. The molecule has 6 nitrogen and oxygen atoms in total. The molecule has 3 atom stereocenters. The van der Waals surface area contributed by atoms with Crippen LogP contribution in [0.1, 0.15) is 33.3 Å². The summed E-state index contributed by atoms with van der Waals surface area (Å²) < 4.78 is 5.28. The molecule has 0 spiro atoms. The van der Waals surface area contributed by atoms with E-state index in [4.69, 9.17) is 4.74 Å².